The summed E-state index contributed by atoms with van der Waals surface area (Å²) in [5.41, 5.74) is 11.8. The van der Waals surface area contributed by atoms with Crippen LogP contribution in [0.25, 0.3) is 0 Å². The molecule has 37 heavy (non-hydrogen) atoms. The van der Waals surface area contributed by atoms with Crippen molar-refractivity contribution >= 4 is 62.2 Å². The summed E-state index contributed by atoms with van der Waals surface area (Å²) < 4.78 is 51.1. The normalized spacial score (nSPS) is 24.4. The maximum Gasteiger partial charge on any atom is 0.375 e. The highest BCUT2D eigenvalue weighted by molar-refractivity contribution is 7.99. The third-order valence-electron chi connectivity index (χ3n) is 6.67. The molecule has 0 atom stereocenters. The SMILES string of the molecule is O=P(CP(=O)(ONC1CCSCC1)ONC1CCSCC1)(ONC1CCSCC1)ONC1CCSCC1. The Kier molecular flexibility index (Phi) is 14.3. The molecule has 10 nitrogen and oxygen atoms in total. The van der Waals surface area contributed by atoms with Crippen LogP contribution < -0.4 is 21.9 Å². The largest absolute Gasteiger partial charge is 0.375 e. The fourth-order valence-corrected chi connectivity index (χ4v) is 12.6. The van der Waals surface area contributed by atoms with Crippen LogP contribution in [0.2, 0.25) is 0 Å². The molecule has 0 aliphatic carbocycles. The Hall–Kier alpha value is 1.54. The summed E-state index contributed by atoms with van der Waals surface area (Å²) in [6, 6.07) is 0.282. The Labute approximate surface area is 238 Å². The van der Waals surface area contributed by atoms with Crippen LogP contribution in [-0.4, -0.2) is 76.1 Å². The summed E-state index contributed by atoms with van der Waals surface area (Å²) in [4.78, 5) is 0. The molecule has 16 heteroatoms. The standard InChI is InChI=1S/C21H42N4O6P2S4/c26-32(28-22-18-1-9-34-10-2-18,29-23-19-3-11-35-12-4-19)17-33(27,30-24-20-5-13-36-14-6-20)31-25-21-7-15-37-16-8-21/h18-25H,1-17H2. The van der Waals surface area contributed by atoms with Crippen molar-refractivity contribution in [2.45, 2.75) is 75.5 Å². The van der Waals surface area contributed by atoms with Crippen LogP contribution in [0, 0.1) is 0 Å². The van der Waals surface area contributed by atoms with Gasteiger partial charge in [-0.3, -0.25) is 9.13 Å². The monoisotopic (exact) mass is 636 g/mol. The number of nitrogens with one attached hydrogen (secondary N) is 4. The van der Waals surface area contributed by atoms with Gasteiger partial charge in [0.2, 0.25) is 0 Å². The average Bonchev–Trinajstić information content (AvgIpc) is 2.95. The van der Waals surface area contributed by atoms with Crippen molar-refractivity contribution in [1.29, 1.82) is 0 Å². The second-order valence-corrected chi connectivity index (χ2v) is 19.0. The molecule has 0 radical (unpaired) electrons. The van der Waals surface area contributed by atoms with Crippen molar-refractivity contribution in [3.8, 4) is 0 Å². The molecular weight excluding hydrogens is 594 g/mol. The third-order valence-corrected chi connectivity index (χ3v) is 15.2. The number of hydrogen-bond donors (Lipinski definition) is 4. The van der Waals surface area contributed by atoms with Gasteiger partial charge < -0.3 is 0 Å². The quantitative estimate of drug-likeness (QED) is 0.151. The molecular formula is C21H42N4O6P2S4. The van der Waals surface area contributed by atoms with Crippen LogP contribution in [-0.2, 0) is 27.6 Å². The first kappa shape index (κ1) is 31.5. The van der Waals surface area contributed by atoms with E-state index in [1.807, 2.05) is 47.0 Å². The Morgan fingerprint density at radius 3 is 0.892 bits per heavy atom. The van der Waals surface area contributed by atoms with E-state index in [1.165, 1.54) is 0 Å². The van der Waals surface area contributed by atoms with Crippen LogP contribution in [0.1, 0.15) is 51.4 Å². The van der Waals surface area contributed by atoms with Crippen LogP contribution >= 0.6 is 62.2 Å². The fourth-order valence-electron chi connectivity index (χ4n) is 4.25. The van der Waals surface area contributed by atoms with Gasteiger partial charge in [-0.25, -0.2) is 18.5 Å². The maximum atomic E-state index is 14.0. The second-order valence-electron chi connectivity index (χ2n) is 9.75. The predicted molar refractivity (Wildman–Crippen MR) is 158 cm³/mol. The van der Waals surface area contributed by atoms with Crippen molar-refractivity contribution in [2.24, 2.45) is 0 Å². The van der Waals surface area contributed by atoms with E-state index in [9.17, 15) is 9.13 Å². The van der Waals surface area contributed by atoms with Gasteiger partial charge >= 0.3 is 15.2 Å². The van der Waals surface area contributed by atoms with Crippen molar-refractivity contribution in [3.63, 3.8) is 0 Å². The highest BCUT2D eigenvalue weighted by Gasteiger charge is 2.43. The molecule has 4 fully saturated rings. The summed E-state index contributed by atoms with van der Waals surface area (Å²) in [5.74, 6) is 7.62. The zero-order chi connectivity index (χ0) is 25.8. The van der Waals surface area contributed by atoms with Crippen molar-refractivity contribution in [1.82, 2.24) is 21.9 Å². The molecule has 0 amide bonds. The van der Waals surface area contributed by atoms with Gasteiger partial charge in [-0.1, -0.05) is 0 Å². The number of rotatable bonds is 14. The molecule has 0 saturated carbocycles. The van der Waals surface area contributed by atoms with Gasteiger partial charge in [0.25, 0.3) is 0 Å². The van der Waals surface area contributed by atoms with Crippen LogP contribution in [0.3, 0.4) is 0 Å². The summed E-state index contributed by atoms with van der Waals surface area (Å²) in [6.45, 7) is 0. The third kappa shape index (κ3) is 11.7. The molecule has 0 aromatic rings. The molecule has 0 aromatic heterocycles. The Morgan fingerprint density at radius 1 is 0.459 bits per heavy atom. The first-order valence-electron chi connectivity index (χ1n) is 13.3. The van der Waals surface area contributed by atoms with E-state index in [2.05, 4.69) is 21.9 Å². The smallest absolute Gasteiger partial charge is 0.256 e. The van der Waals surface area contributed by atoms with Crippen LogP contribution in [0.5, 0.6) is 0 Å². The van der Waals surface area contributed by atoms with Gasteiger partial charge in [-0.2, -0.15) is 69.0 Å². The summed E-state index contributed by atoms with van der Waals surface area (Å²) in [6.07, 6.45) is 7.26. The highest BCUT2D eigenvalue weighted by Crippen LogP contribution is 2.62. The predicted octanol–water partition coefficient (Wildman–Crippen LogP) is 5.00. The lowest BCUT2D eigenvalue weighted by Gasteiger charge is -2.31. The van der Waals surface area contributed by atoms with Crippen molar-refractivity contribution < 1.29 is 27.6 Å². The Bertz CT molecular complexity index is 643. The second kappa shape index (κ2) is 16.9. The van der Waals surface area contributed by atoms with E-state index in [0.717, 1.165) is 97.4 Å². The summed E-state index contributed by atoms with van der Waals surface area (Å²) in [5, 5.41) is 0. The van der Waals surface area contributed by atoms with Gasteiger partial charge in [0, 0.05) is 24.2 Å². The lowest BCUT2D eigenvalue weighted by atomic mass is 10.2. The molecule has 4 aliphatic heterocycles. The minimum atomic E-state index is -3.95. The van der Waals surface area contributed by atoms with E-state index >= 15 is 0 Å². The molecule has 0 bridgehead atoms. The van der Waals surface area contributed by atoms with Crippen LogP contribution in [0.15, 0.2) is 0 Å². The number of thioether (sulfide) groups is 4. The van der Waals surface area contributed by atoms with Crippen LogP contribution in [0.4, 0.5) is 0 Å². The van der Waals surface area contributed by atoms with Gasteiger partial charge in [0.05, 0.1) is 0 Å². The number of hydroxylamine groups is 4. The van der Waals surface area contributed by atoms with E-state index in [1.54, 1.807) is 0 Å². The molecule has 0 unspecified atom stereocenters. The minimum absolute atomic E-state index is 0.0706. The zero-order valence-corrected chi connectivity index (χ0v) is 26.4. The molecule has 4 aliphatic rings. The fraction of sp³-hybridized carbons (Fsp3) is 1.00. The minimum Gasteiger partial charge on any atom is -0.256 e. The molecule has 4 saturated heterocycles. The summed E-state index contributed by atoms with van der Waals surface area (Å²) in [7, 11) is -7.90. The molecule has 216 valence electrons. The van der Waals surface area contributed by atoms with E-state index in [4.69, 9.17) is 18.5 Å². The van der Waals surface area contributed by atoms with Crippen molar-refractivity contribution in [2.75, 3.05) is 51.9 Å². The Morgan fingerprint density at radius 2 is 0.676 bits per heavy atom. The lowest BCUT2D eigenvalue weighted by molar-refractivity contribution is 0.0566. The first-order valence-corrected chi connectivity index (χ1v) is 21.3. The Balaban J connectivity index is 1.41. The first-order chi connectivity index (χ1) is 18.0. The van der Waals surface area contributed by atoms with Gasteiger partial charge in [-0.15, -0.1) is 0 Å². The van der Waals surface area contributed by atoms with Gasteiger partial charge in [-0.05, 0) is 97.4 Å². The lowest BCUT2D eigenvalue weighted by Crippen LogP contribution is -2.37. The highest BCUT2D eigenvalue weighted by atomic mass is 32.2. The molecule has 4 N–H and O–H groups in total. The maximum absolute atomic E-state index is 14.0. The van der Waals surface area contributed by atoms with E-state index in [-0.39, 0.29) is 24.2 Å². The zero-order valence-electron chi connectivity index (χ0n) is 21.3. The number of hydrogen-bond acceptors (Lipinski definition) is 14. The van der Waals surface area contributed by atoms with E-state index < -0.39 is 21.1 Å². The average molecular weight is 637 g/mol. The van der Waals surface area contributed by atoms with Gasteiger partial charge in [0.1, 0.15) is 0 Å². The molecule has 0 spiro atoms. The van der Waals surface area contributed by atoms with Gasteiger partial charge in [0.15, 0.2) is 5.90 Å². The molecule has 0 aromatic carbocycles. The van der Waals surface area contributed by atoms with Crippen molar-refractivity contribution in [3.05, 3.63) is 0 Å². The molecule has 4 rings (SSSR count). The topological polar surface area (TPSA) is 119 Å². The summed E-state index contributed by atoms with van der Waals surface area (Å²) >= 11 is 7.59. The molecule has 4 heterocycles. The van der Waals surface area contributed by atoms with E-state index in [0.29, 0.717) is 0 Å².